The van der Waals surface area contributed by atoms with E-state index in [-0.39, 0.29) is 22.8 Å². The van der Waals surface area contributed by atoms with Gasteiger partial charge in [0.15, 0.2) is 0 Å². The van der Waals surface area contributed by atoms with Crippen LogP contribution < -0.4 is 10.4 Å². The van der Waals surface area contributed by atoms with E-state index < -0.39 is 20.5 Å². The quantitative estimate of drug-likeness (QED) is 0.174. The smallest absolute Gasteiger partial charge is 0.261 e. The van der Waals surface area contributed by atoms with Crippen molar-refractivity contribution in [1.82, 2.24) is 0 Å². The van der Waals surface area contributed by atoms with Gasteiger partial charge in [-0.15, -0.1) is 0 Å². The average molecular weight is 575 g/mol. The van der Waals surface area contributed by atoms with Crippen LogP contribution in [0.3, 0.4) is 0 Å². The maximum Gasteiger partial charge on any atom is 0.261 e. The SMILES string of the molecule is C/C(=C\[C@@H](C)[C@@H](O)[C@@H](C)COCc1ccccc1)C(O)[C@@H](C)CO[Si](c1ccccc1)(c1ccccc1)C(C)(C)C. The third kappa shape index (κ3) is 8.49. The Bertz CT molecular complexity index is 1150. The molecule has 1 unspecified atom stereocenters. The molecule has 5 heteroatoms. The van der Waals surface area contributed by atoms with Crippen molar-refractivity contribution in [2.24, 2.45) is 17.8 Å². The van der Waals surface area contributed by atoms with E-state index >= 15 is 0 Å². The molecule has 0 heterocycles. The van der Waals surface area contributed by atoms with Crippen LogP contribution in [-0.2, 0) is 15.8 Å². The summed E-state index contributed by atoms with van der Waals surface area (Å²) in [6.45, 7) is 16.2. The van der Waals surface area contributed by atoms with Gasteiger partial charge in [-0.1, -0.05) is 139 Å². The van der Waals surface area contributed by atoms with Crippen LogP contribution in [0.1, 0.15) is 54.0 Å². The lowest BCUT2D eigenvalue weighted by molar-refractivity contribution is 0.0128. The van der Waals surface area contributed by atoms with Crippen LogP contribution in [0.5, 0.6) is 0 Å². The third-order valence-corrected chi connectivity index (χ3v) is 13.1. The van der Waals surface area contributed by atoms with Crippen molar-refractivity contribution in [1.29, 1.82) is 0 Å². The van der Waals surface area contributed by atoms with E-state index in [0.29, 0.717) is 19.8 Å². The largest absolute Gasteiger partial charge is 0.407 e. The van der Waals surface area contributed by atoms with Gasteiger partial charge in [-0.2, -0.15) is 0 Å². The first-order valence-corrected chi connectivity index (χ1v) is 16.8. The molecule has 3 aromatic rings. The minimum atomic E-state index is -2.68. The highest BCUT2D eigenvalue weighted by Crippen LogP contribution is 2.37. The number of rotatable bonds is 14. The second-order valence-corrected chi connectivity index (χ2v) is 16.9. The molecule has 0 radical (unpaired) electrons. The number of ether oxygens (including phenoxy) is 1. The van der Waals surface area contributed by atoms with Gasteiger partial charge in [-0.3, -0.25) is 0 Å². The predicted octanol–water partition coefficient (Wildman–Crippen LogP) is 6.36. The molecule has 41 heavy (non-hydrogen) atoms. The summed E-state index contributed by atoms with van der Waals surface area (Å²) in [5.74, 6) is -0.278. The van der Waals surface area contributed by atoms with Gasteiger partial charge in [0, 0.05) is 24.4 Å². The first-order chi connectivity index (χ1) is 19.5. The van der Waals surface area contributed by atoms with E-state index in [0.717, 1.165) is 11.1 Å². The molecule has 0 spiro atoms. The Labute approximate surface area is 249 Å². The summed E-state index contributed by atoms with van der Waals surface area (Å²) in [6, 6.07) is 31.2. The van der Waals surface area contributed by atoms with Crippen molar-refractivity contribution in [2.45, 2.75) is 72.3 Å². The number of hydrogen-bond donors (Lipinski definition) is 2. The highest BCUT2D eigenvalue weighted by molar-refractivity contribution is 6.99. The van der Waals surface area contributed by atoms with E-state index in [1.54, 1.807) is 0 Å². The maximum atomic E-state index is 11.3. The molecule has 0 aliphatic heterocycles. The minimum absolute atomic E-state index is 0.0363. The molecule has 2 N–H and O–H groups in total. The molecule has 0 aliphatic carbocycles. The average Bonchev–Trinajstić information content (AvgIpc) is 2.97. The Hall–Kier alpha value is -2.54. The molecule has 3 aromatic carbocycles. The zero-order valence-electron chi connectivity index (χ0n) is 26.0. The number of aliphatic hydroxyl groups is 2. The predicted molar refractivity (Wildman–Crippen MR) is 173 cm³/mol. The Morgan fingerprint density at radius 1 is 0.756 bits per heavy atom. The summed E-state index contributed by atoms with van der Waals surface area (Å²) < 4.78 is 12.9. The molecule has 0 amide bonds. The van der Waals surface area contributed by atoms with Gasteiger partial charge in [0.2, 0.25) is 0 Å². The normalized spacial score (nSPS) is 16.6. The highest BCUT2D eigenvalue weighted by Gasteiger charge is 2.50. The van der Waals surface area contributed by atoms with Gasteiger partial charge in [-0.05, 0) is 33.5 Å². The Kier molecular flexibility index (Phi) is 12.1. The second-order valence-electron chi connectivity index (χ2n) is 12.6. The van der Waals surface area contributed by atoms with Gasteiger partial charge < -0.3 is 19.4 Å². The fourth-order valence-corrected chi connectivity index (χ4v) is 10.4. The minimum Gasteiger partial charge on any atom is -0.407 e. The van der Waals surface area contributed by atoms with Crippen molar-refractivity contribution in [3.05, 3.63) is 108 Å². The molecule has 222 valence electrons. The zero-order valence-corrected chi connectivity index (χ0v) is 27.0. The summed E-state index contributed by atoms with van der Waals surface area (Å²) in [5.41, 5.74) is 1.97. The van der Waals surface area contributed by atoms with Crippen molar-refractivity contribution in [2.75, 3.05) is 13.2 Å². The van der Waals surface area contributed by atoms with Crippen LogP contribution in [0.25, 0.3) is 0 Å². The monoisotopic (exact) mass is 574 g/mol. The molecule has 0 fully saturated rings. The van der Waals surface area contributed by atoms with Crippen LogP contribution in [0.15, 0.2) is 103 Å². The lowest BCUT2D eigenvalue weighted by atomic mass is 9.90. The van der Waals surface area contributed by atoms with Gasteiger partial charge in [0.05, 0.1) is 25.4 Å². The van der Waals surface area contributed by atoms with Gasteiger partial charge in [0.25, 0.3) is 8.32 Å². The van der Waals surface area contributed by atoms with E-state index in [1.165, 1.54) is 10.4 Å². The lowest BCUT2D eigenvalue weighted by Gasteiger charge is -2.43. The molecule has 0 saturated heterocycles. The van der Waals surface area contributed by atoms with Crippen molar-refractivity contribution in [3.8, 4) is 0 Å². The number of hydrogen-bond acceptors (Lipinski definition) is 4. The Morgan fingerprint density at radius 3 is 1.73 bits per heavy atom. The number of benzene rings is 3. The number of aliphatic hydroxyl groups excluding tert-OH is 2. The van der Waals surface area contributed by atoms with Crippen molar-refractivity contribution in [3.63, 3.8) is 0 Å². The van der Waals surface area contributed by atoms with E-state index in [9.17, 15) is 10.2 Å². The standard InChI is InChI=1S/C36H50O4Si/c1-27(34(37)29(3)24-39-26-31-17-11-8-12-18-31)23-28(2)35(38)30(4)25-40-41(36(5,6)7,32-19-13-9-14-20-32)33-21-15-10-16-22-33/h8-23,27,29-30,34-35,37-38H,24-26H2,1-7H3/b28-23+/t27-,29+,30+,34-,35?/m1/s1. The fraction of sp³-hybridized carbons (Fsp3) is 0.444. The molecule has 5 atom stereocenters. The van der Waals surface area contributed by atoms with Crippen LogP contribution >= 0.6 is 0 Å². The van der Waals surface area contributed by atoms with Crippen LogP contribution in [-0.4, -0.2) is 44.0 Å². The highest BCUT2D eigenvalue weighted by atomic mass is 28.4. The van der Waals surface area contributed by atoms with Crippen molar-refractivity contribution < 1.29 is 19.4 Å². The topological polar surface area (TPSA) is 58.9 Å². The maximum absolute atomic E-state index is 11.3. The summed E-state index contributed by atoms with van der Waals surface area (Å²) in [5, 5.41) is 24.6. The molecule has 0 bridgehead atoms. The summed E-state index contributed by atoms with van der Waals surface area (Å²) in [7, 11) is -2.68. The first-order valence-electron chi connectivity index (χ1n) is 14.9. The first kappa shape index (κ1) is 33.0. The third-order valence-electron chi connectivity index (χ3n) is 8.12. The second kappa shape index (κ2) is 15.1. The van der Waals surface area contributed by atoms with E-state index in [1.807, 2.05) is 76.2 Å². The van der Waals surface area contributed by atoms with Crippen LogP contribution in [0.2, 0.25) is 5.04 Å². The van der Waals surface area contributed by atoms with Gasteiger partial charge in [-0.25, -0.2) is 0 Å². The molecular formula is C36H50O4Si. The van der Waals surface area contributed by atoms with E-state index in [2.05, 4.69) is 69.3 Å². The summed E-state index contributed by atoms with van der Waals surface area (Å²) in [6.07, 6.45) is 0.756. The molecular weight excluding hydrogens is 524 g/mol. The Morgan fingerprint density at radius 2 is 1.24 bits per heavy atom. The molecule has 0 aliphatic rings. The van der Waals surface area contributed by atoms with Gasteiger partial charge in [0.1, 0.15) is 0 Å². The molecule has 4 nitrogen and oxygen atoms in total. The van der Waals surface area contributed by atoms with Crippen LogP contribution in [0, 0.1) is 17.8 Å². The fourth-order valence-electron chi connectivity index (χ4n) is 5.72. The summed E-state index contributed by atoms with van der Waals surface area (Å²) in [4.78, 5) is 0. The van der Waals surface area contributed by atoms with E-state index in [4.69, 9.17) is 9.16 Å². The molecule has 0 aromatic heterocycles. The zero-order chi connectivity index (χ0) is 30.0. The summed E-state index contributed by atoms with van der Waals surface area (Å²) >= 11 is 0. The van der Waals surface area contributed by atoms with Gasteiger partial charge >= 0.3 is 0 Å². The van der Waals surface area contributed by atoms with Crippen molar-refractivity contribution >= 4 is 18.7 Å². The lowest BCUT2D eigenvalue weighted by Crippen LogP contribution is -2.67. The molecule has 0 saturated carbocycles. The Balaban J connectivity index is 1.68. The van der Waals surface area contributed by atoms with Crippen LogP contribution in [0.4, 0.5) is 0 Å². The molecule has 3 rings (SSSR count).